The number of carboxylic acids is 1. The summed E-state index contributed by atoms with van der Waals surface area (Å²) < 4.78 is 79.9. The highest BCUT2D eigenvalue weighted by Gasteiger charge is 2.52. The lowest BCUT2D eigenvalue weighted by Crippen LogP contribution is -2.47. The molecule has 1 heterocycles. The highest BCUT2D eigenvalue weighted by atomic mass is 32.2. The molecule has 0 bridgehead atoms. The van der Waals surface area contributed by atoms with E-state index in [0.29, 0.717) is 0 Å². The van der Waals surface area contributed by atoms with Crippen molar-refractivity contribution in [3.63, 3.8) is 0 Å². The van der Waals surface area contributed by atoms with E-state index in [2.05, 4.69) is 4.74 Å². The number of halogens is 6. The number of hydrogen-bond acceptors (Lipinski definition) is 3. The molecule has 1 aliphatic heterocycles. The van der Waals surface area contributed by atoms with Gasteiger partial charge in [-0.3, -0.25) is 4.79 Å². The molecular weight excluding hydrogens is 338 g/mol. The number of fused-ring (bicyclic) bond motifs is 1. The van der Waals surface area contributed by atoms with Crippen molar-refractivity contribution in [2.75, 3.05) is 0 Å². The molecule has 0 aliphatic carbocycles. The molecule has 1 N–H and O–H groups in total. The van der Waals surface area contributed by atoms with E-state index in [4.69, 9.17) is 5.11 Å². The van der Waals surface area contributed by atoms with Gasteiger partial charge in [-0.1, -0.05) is 0 Å². The minimum absolute atomic E-state index is 0.00199. The molecule has 22 heavy (non-hydrogen) atoms. The summed E-state index contributed by atoms with van der Waals surface area (Å²) in [7, 11) is 0. The Labute approximate surface area is 124 Å². The minimum Gasteiger partial charge on any atom is -0.481 e. The van der Waals surface area contributed by atoms with Crippen molar-refractivity contribution in [3.8, 4) is 5.75 Å². The number of alkyl halides is 6. The molecule has 10 heteroatoms. The van der Waals surface area contributed by atoms with Gasteiger partial charge in [-0.15, -0.1) is 0 Å². The first-order valence-corrected chi connectivity index (χ1v) is 6.64. The Morgan fingerprint density at radius 3 is 2.36 bits per heavy atom. The van der Waals surface area contributed by atoms with Crippen LogP contribution in [0.3, 0.4) is 0 Å². The van der Waals surface area contributed by atoms with Gasteiger partial charge in [-0.25, -0.2) is 0 Å². The molecule has 1 aromatic rings. The third kappa shape index (κ3) is 3.79. The van der Waals surface area contributed by atoms with E-state index in [1.807, 2.05) is 0 Å². The van der Waals surface area contributed by atoms with Gasteiger partial charge in [0.1, 0.15) is 11.7 Å². The first-order chi connectivity index (χ1) is 9.97. The topological polar surface area (TPSA) is 46.5 Å². The van der Waals surface area contributed by atoms with Crippen LogP contribution in [-0.4, -0.2) is 28.9 Å². The maximum absolute atomic E-state index is 12.8. The Hall–Kier alpha value is -1.58. The summed E-state index contributed by atoms with van der Waals surface area (Å²) in [4.78, 5) is 10.7. The second-order valence-electron chi connectivity index (χ2n) is 4.55. The van der Waals surface area contributed by atoms with Crippen LogP contribution in [-0.2, 0) is 11.2 Å². The predicted octanol–water partition coefficient (Wildman–Crippen LogP) is 3.87. The number of hydrogen-bond donors (Lipinski definition) is 1. The second kappa shape index (κ2) is 5.56. The molecule has 0 spiro atoms. The Bertz CT molecular complexity index is 583. The average molecular weight is 346 g/mol. The fraction of sp³-hybridized carbons (Fsp3) is 0.417. The lowest BCUT2D eigenvalue weighted by Gasteiger charge is -2.32. The number of carboxylic acid groups (broad SMARTS) is 1. The van der Waals surface area contributed by atoms with Gasteiger partial charge in [0.2, 0.25) is 6.10 Å². The molecular formula is C12H8F6O3S. The summed E-state index contributed by atoms with van der Waals surface area (Å²) in [5.74, 6) is -3.88. The van der Waals surface area contributed by atoms with Gasteiger partial charge in [0.15, 0.2) is 0 Å². The second-order valence-corrected chi connectivity index (χ2v) is 5.68. The summed E-state index contributed by atoms with van der Waals surface area (Å²) in [6.07, 6.45) is -7.97. The van der Waals surface area contributed by atoms with Crippen LogP contribution in [0.2, 0.25) is 0 Å². The van der Waals surface area contributed by atoms with E-state index in [0.717, 1.165) is 18.2 Å². The molecule has 0 saturated carbocycles. The maximum Gasteiger partial charge on any atom is 0.446 e. The molecule has 122 valence electrons. The molecule has 0 amide bonds. The Morgan fingerprint density at radius 2 is 1.86 bits per heavy atom. The van der Waals surface area contributed by atoms with E-state index >= 15 is 0 Å². The Balaban J connectivity index is 2.33. The normalized spacial score (nSPS) is 21.9. The molecule has 2 rings (SSSR count). The van der Waals surface area contributed by atoms with Gasteiger partial charge in [-0.2, -0.15) is 26.3 Å². The van der Waals surface area contributed by atoms with E-state index in [-0.39, 0.29) is 16.2 Å². The largest absolute Gasteiger partial charge is 0.481 e. The lowest BCUT2D eigenvalue weighted by atomic mass is 9.90. The Kier molecular flexibility index (Phi) is 4.24. The molecule has 0 saturated heterocycles. The number of thioether (sulfide) groups is 1. The van der Waals surface area contributed by atoms with Crippen molar-refractivity contribution >= 4 is 17.7 Å². The van der Waals surface area contributed by atoms with E-state index in [1.165, 1.54) is 0 Å². The summed E-state index contributed by atoms with van der Waals surface area (Å²) in [5, 5.41) is 8.89. The van der Waals surface area contributed by atoms with Crippen molar-refractivity contribution in [1.29, 1.82) is 0 Å². The van der Waals surface area contributed by atoms with Crippen LogP contribution in [0.4, 0.5) is 26.3 Å². The average Bonchev–Trinajstić information content (AvgIpc) is 2.33. The number of aliphatic carboxylic acids is 1. The van der Waals surface area contributed by atoms with Crippen molar-refractivity contribution in [2.45, 2.75) is 29.1 Å². The van der Waals surface area contributed by atoms with Crippen LogP contribution in [0.25, 0.3) is 0 Å². The predicted molar refractivity (Wildman–Crippen MR) is 63.7 cm³/mol. The smallest absolute Gasteiger partial charge is 0.446 e. The van der Waals surface area contributed by atoms with Crippen LogP contribution in [0, 0.1) is 5.92 Å². The molecule has 0 aromatic heterocycles. The molecule has 0 radical (unpaired) electrons. The number of benzene rings is 1. The number of carbonyl (C=O) groups is 1. The van der Waals surface area contributed by atoms with Crippen LogP contribution < -0.4 is 4.74 Å². The van der Waals surface area contributed by atoms with Crippen molar-refractivity contribution in [3.05, 3.63) is 23.8 Å². The van der Waals surface area contributed by atoms with Crippen LogP contribution >= 0.6 is 11.8 Å². The highest BCUT2D eigenvalue weighted by molar-refractivity contribution is 8.00. The van der Waals surface area contributed by atoms with Gasteiger partial charge >= 0.3 is 17.7 Å². The molecule has 0 fully saturated rings. The van der Waals surface area contributed by atoms with E-state index in [9.17, 15) is 31.1 Å². The summed E-state index contributed by atoms with van der Waals surface area (Å²) >= 11 is -0.436. The van der Waals surface area contributed by atoms with Crippen molar-refractivity contribution in [2.24, 2.45) is 5.92 Å². The maximum atomic E-state index is 12.8. The van der Waals surface area contributed by atoms with Gasteiger partial charge in [0, 0.05) is 4.90 Å². The third-order valence-corrected chi connectivity index (χ3v) is 3.69. The molecule has 1 aliphatic rings. The van der Waals surface area contributed by atoms with Gasteiger partial charge in [0.25, 0.3) is 0 Å². The fourth-order valence-corrected chi connectivity index (χ4v) is 2.71. The van der Waals surface area contributed by atoms with Crippen LogP contribution in [0.5, 0.6) is 5.75 Å². The molecule has 1 aromatic carbocycles. The van der Waals surface area contributed by atoms with E-state index < -0.39 is 47.9 Å². The monoisotopic (exact) mass is 346 g/mol. The van der Waals surface area contributed by atoms with Gasteiger partial charge in [-0.05, 0) is 41.9 Å². The quantitative estimate of drug-likeness (QED) is 0.652. The van der Waals surface area contributed by atoms with E-state index in [1.54, 1.807) is 0 Å². The zero-order valence-electron chi connectivity index (χ0n) is 10.5. The fourth-order valence-electron chi connectivity index (χ4n) is 2.10. The summed E-state index contributed by atoms with van der Waals surface area (Å²) in [6, 6.07) is 2.96. The third-order valence-electron chi connectivity index (χ3n) is 2.96. The highest BCUT2D eigenvalue weighted by Crippen LogP contribution is 2.42. The van der Waals surface area contributed by atoms with Gasteiger partial charge < -0.3 is 9.84 Å². The molecule has 2 atom stereocenters. The first kappa shape index (κ1) is 16.8. The summed E-state index contributed by atoms with van der Waals surface area (Å²) in [5.41, 5.74) is -4.55. The van der Waals surface area contributed by atoms with Crippen molar-refractivity contribution < 1.29 is 41.0 Å². The molecule has 2 unspecified atom stereocenters. The zero-order valence-corrected chi connectivity index (χ0v) is 11.4. The SMILES string of the molecule is O=C(O)C1Cc2cc(SC(F)(F)F)ccc2OC1C(F)(F)F. The Morgan fingerprint density at radius 1 is 1.23 bits per heavy atom. The number of ether oxygens (including phenoxy) is 1. The zero-order chi connectivity index (χ0) is 16.7. The lowest BCUT2D eigenvalue weighted by molar-refractivity contribution is -0.217. The standard InChI is InChI=1S/C12H8F6O3S/c13-11(14,15)9-7(10(19)20)4-5-3-6(22-12(16,17)18)1-2-8(5)21-9/h1-3,7,9H,4H2,(H,19,20). The van der Waals surface area contributed by atoms with Gasteiger partial charge in [0.05, 0.1) is 0 Å². The number of rotatable bonds is 2. The summed E-state index contributed by atoms with van der Waals surface area (Å²) in [6.45, 7) is 0. The van der Waals surface area contributed by atoms with Crippen LogP contribution in [0.1, 0.15) is 5.56 Å². The first-order valence-electron chi connectivity index (χ1n) is 5.82. The van der Waals surface area contributed by atoms with Crippen molar-refractivity contribution in [1.82, 2.24) is 0 Å². The van der Waals surface area contributed by atoms with Crippen LogP contribution in [0.15, 0.2) is 23.1 Å². The molecule has 3 nitrogen and oxygen atoms in total. The minimum atomic E-state index is -4.89.